The Morgan fingerprint density at radius 3 is 2.68 bits per heavy atom. The van der Waals surface area contributed by atoms with Gasteiger partial charge in [0.25, 0.3) is 10.0 Å². The molecule has 6 nitrogen and oxygen atoms in total. The van der Waals surface area contributed by atoms with Crippen LogP contribution in [-0.2, 0) is 10.0 Å². The lowest BCUT2D eigenvalue weighted by Gasteiger charge is -2.12. The molecule has 2 N–H and O–H groups in total. The minimum Gasteiger partial charge on any atom is -0.384 e. The average molecular weight is 278 g/mol. The van der Waals surface area contributed by atoms with Gasteiger partial charge in [-0.25, -0.2) is 13.4 Å². The van der Waals surface area contributed by atoms with Gasteiger partial charge in [-0.1, -0.05) is 12.1 Å². The topological polar surface area (TPSA) is 84.0 Å². The monoisotopic (exact) mass is 278 g/mol. The zero-order valence-corrected chi connectivity index (χ0v) is 11.2. The van der Waals surface area contributed by atoms with Gasteiger partial charge in [-0.2, -0.15) is 0 Å². The summed E-state index contributed by atoms with van der Waals surface area (Å²) in [4.78, 5) is 7.89. The van der Waals surface area contributed by atoms with Gasteiger partial charge in [-0.15, -0.1) is 0 Å². The molecule has 2 aromatic rings. The minimum absolute atomic E-state index is 0.183. The van der Waals surface area contributed by atoms with Crippen LogP contribution in [0.15, 0.2) is 47.8 Å². The van der Waals surface area contributed by atoms with E-state index in [4.69, 9.17) is 0 Å². The quantitative estimate of drug-likeness (QED) is 0.869. The van der Waals surface area contributed by atoms with Crippen LogP contribution >= 0.6 is 0 Å². The first kappa shape index (κ1) is 13.3. The zero-order chi connectivity index (χ0) is 13.7. The molecule has 0 atom stereocenters. The van der Waals surface area contributed by atoms with Crippen LogP contribution in [0.3, 0.4) is 0 Å². The Morgan fingerprint density at radius 1 is 1.21 bits per heavy atom. The third-order valence-electron chi connectivity index (χ3n) is 2.35. The average Bonchev–Trinajstić information content (AvgIpc) is 2.40. The van der Waals surface area contributed by atoms with Gasteiger partial charge in [0.2, 0.25) is 0 Å². The Kier molecular flexibility index (Phi) is 3.96. The second-order valence-corrected chi connectivity index (χ2v) is 5.37. The SMILES string of the molecule is CCNc1ccccc1S(=O)(=O)Nc1cnccn1. The maximum absolute atomic E-state index is 12.3. The van der Waals surface area contributed by atoms with E-state index in [1.54, 1.807) is 18.2 Å². The minimum atomic E-state index is -3.68. The van der Waals surface area contributed by atoms with Crippen LogP contribution in [-0.4, -0.2) is 24.9 Å². The maximum Gasteiger partial charge on any atom is 0.265 e. The molecule has 0 aliphatic rings. The van der Waals surface area contributed by atoms with E-state index in [-0.39, 0.29) is 10.7 Å². The molecule has 0 aliphatic heterocycles. The number of anilines is 2. The summed E-state index contributed by atoms with van der Waals surface area (Å²) in [5, 5.41) is 3.01. The van der Waals surface area contributed by atoms with Crippen molar-refractivity contribution in [1.82, 2.24) is 9.97 Å². The predicted molar refractivity (Wildman–Crippen MR) is 73.4 cm³/mol. The van der Waals surface area contributed by atoms with Gasteiger partial charge in [0.05, 0.1) is 11.9 Å². The van der Waals surface area contributed by atoms with Crippen LogP contribution in [0.1, 0.15) is 6.92 Å². The Balaban J connectivity index is 2.35. The summed E-state index contributed by atoms with van der Waals surface area (Å²) < 4.78 is 26.9. The van der Waals surface area contributed by atoms with Crippen LogP contribution in [0, 0.1) is 0 Å². The molecule has 2 rings (SSSR count). The number of hydrogen-bond donors (Lipinski definition) is 2. The fraction of sp³-hybridized carbons (Fsp3) is 0.167. The smallest absolute Gasteiger partial charge is 0.265 e. The van der Waals surface area contributed by atoms with Crippen LogP contribution < -0.4 is 10.0 Å². The molecule has 0 spiro atoms. The van der Waals surface area contributed by atoms with Crippen molar-refractivity contribution >= 4 is 21.5 Å². The fourth-order valence-corrected chi connectivity index (χ4v) is 2.76. The molecule has 0 radical (unpaired) electrons. The van der Waals surface area contributed by atoms with E-state index in [9.17, 15) is 8.42 Å². The van der Waals surface area contributed by atoms with Crippen molar-refractivity contribution in [3.8, 4) is 0 Å². The predicted octanol–water partition coefficient (Wildman–Crippen LogP) is 1.71. The van der Waals surface area contributed by atoms with Crippen molar-refractivity contribution < 1.29 is 8.42 Å². The molecule has 0 saturated carbocycles. The van der Waals surface area contributed by atoms with Crippen LogP contribution in [0.4, 0.5) is 11.5 Å². The molecule has 0 bridgehead atoms. The molecule has 0 amide bonds. The number of aromatic nitrogens is 2. The number of para-hydroxylation sites is 1. The van der Waals surface area contributed by atoms with E-state index in [0.29, 0.717) is 12.2 Å². The molecule has 1 aromatic carbocycles. The highest BCUT2D eigenvalue weighted by atomic mass is 32.2. The molecular formula is C12H14N4O2S. The highest BCUT2D eigenvalue weighted by Gasteiger charge is 2.18. The van der Waals surface area contributed by atoms with E-state index in [1.165, 1.54) is 24.7 Å². The van der Waals surface area contributed by atoms with Crippen molar-refractivity contribution in [2.75, 3.05) is 16.6 Å². The molecular weight excluding hydrogens is 264 g/mol. The largest absolute Gasteiger partial charge is 0.384 e. The van der Waals surface area contributed by atoms with E-state index in [2.05, 4.69) is 20.0 Å². The molecule has 1 heterocycles. The third kappa shape index (κ3) is 3.19. The molecule has 0 unspecified atom stereocenters. The van der Waals surface area contributed by atoms with Crippen LogP contribution in [0.25, 0.3) is 0 Å². The fourth-order valence-electron chi connectivity index (χ4n) is 1.58. The summed E-state index contributed by atoms with van der Waals surface area (Å²) in [5.41, 5.74) is 0.557. The number of benzene rings is 1. The summed E-state index contributed by atoms with van der Waals surface area (Å²) in [5.74, 6) is 0.189. The van der Waals surface area contributed by atoms with Crippen molar-refractivity contribution in [2.45, 2.75) is 11.8 Å². The Labute approximate surface area is 112 Å². The first-order chi connectivity index (χ1) is 9.13. The molecule has 0 aliphatic carbocycles. The number of sulfonamides is 1. The number of nitrogens with one attached hydrogen (secondary N) is 2. The molecule has 1 aromatic heterocycles. The van der Waals surface area contributed by atoms with Crippen molar-refractivity contribution in [3.05, 3.63) is 42.9 Å². The van der Waals surface area contributed by atoms with Gasteiger partial charge < -0.3 is 5.32 Å². The van der Waals surface area contributed by atoms with Gasteiger partial charge in [-0.3, -0.25) is 9.71 Å². The normalized spacial score (nSPS) is 11.0. The second kappa shape index (κ2) is 5.66. The van der Waals surface area contributed by atoms with E-state index >= 15 is 0 Å². The lowest BCUT2D eigenvalue weighted by molar-refractivity contribution is 0.601. The molecule has 7 heteroatoms. The van der Waals surface area contributed by atoms with Crippen molar-refractivity contribution in [3.63, 3.8) is 0 Å². The van der Waals surface area contributed by atoms with Crippen molar-refractivity contribution in [2.24, 2.45) is 0 Å². The molecule has 0 saturated heterocycles. The molecule has 19 heavy (non-hydrogen) atoms. The summed E-state index contributed by atoms with van der Waals surface area (Å²) in [6.45, 7) is 2.54. The summed E-state index contributed by atoms with van der Waals surface area (Å²) >= 11 is 0. The maximum atomic E-state index is 12.3. The molecule has 100 valence electrons. The van der Waals surface area contributed by atoms with Gasteiger partial charge >= 0.3 is 0 Å². The molecule has 0 fully saturated rings. The Bertz CT molecular complexity index is 644. The summed E-state index contributed by atoms with van der Waals surface area (Å²) in [6, 6.07) is 6.71. The number of nitrogens with zero attached hydrogens (tertiary/aromatic N) is 2. The van der Waals surface area contributed by atoms with E-state index in [0.717, 1.165) is 0 Å². The lowest BCUT2D eigenvalue weighted by atomic mass is 10.3. The highest BCUT2D eigenvalue weighted by molar-refractivity contribution is 7.92. The highest BCUT2D eigenvalue weighted by Crippen LogP contribution is 2.22. The summed E-state index contributed by atoms with van der Waals surface area (Å²) in [7, 11) is -3.68. The van der Waals surface area contributed by atoms with Gasteiger partial charge in [-0.05, 0) is 19.1 Å². The van der Waals surface area contributed by atoms with Gasteiger partial charge in [0.1, 0.15) is 4.90 Å². The Hall–Kier alpha value is -2.15. The van der Waals surface area contributed by atoms with Crippen molar-refractivity contribution in [1.29, 1.82) is 0 Å². The number of rotatable bonds is 5. The van der Waals surface area contributed by atoms with E-state index < -0.39 is 10.0 Å². The first-order valence-electron chi connectivity index (χ1n) is 5.75. The Morgan fingerprint density at radius 2 is 2.00 bits per heavy atom. The lowest BCUT2D eigenvalue weighted by Crippen LogP contribution is -2.16. The van der Waals surface area contributed by atoms with Crippen LogP contribution in [0.5, 0.6) is 0 Å². The standard InChI is InChI=1S/C12H14N4O2S/c1-2-14-10-5-3-4-6-11(10)19(17,18)16-12-9-13-7-8-15-12/h3-9,14H,2H2,1H3,(H,15,16). The summed E-state index contributed by atoms with van der Waals surface area (Å²) in [6.07, 6.45) is 4.26. The zero-order valence-electron chi connectivity index (χ0n) is 10.4. The van der Waals surface area contributed by atoms with E-state index in [1.807, 2.05) is 6.92 Å². The van der Waals surface area contributed by atoms with Crippen LogP contribution in [0.2, 0.25) is 0 Å². The first-order valence-corrected chi connectivity index (χ1v) is 7.23. The number of hydrogen-bond acceptors (Lipinski definition) is 5. The van der Waals surface area contributed by atoms with Gasteiger partial charge in [0.15, 0.2) is 5.82 Å². The second-order valence-electron chi connectivity index (χ2n) is 3.72. The van der Waals surface area contributed by atoms with Gasteiger partial charge in [0, 0.05) is 18.9 Å². The third-order valence-corrected chi connectivity index (χ3v) is 3.76.